The predicted octanol–water partition coefficient (Wildman–Crippen LogP) is 4.92. The van der Waals surface area contributed by atoms with Crippen LogP contribution in [0.4, 0.5) is 5.69 Å². The standard InChI is InChI=1S/C17H26N2O.C3H8/c1-4-11-19-12-6-5-10-15(19)17(20)18-16-13(2)8-7-9-14(16)3;1-3-2/h7-9,15H,4-6,10-12H2,1-3H3,(H,18,20);3H2,1-2H3. The van der Waals surface area contributed by atoms with E-state index in [-0.39, 0.29) is 11.9 Å². The van der Waals surface area contributed by atoms with Gasteiger partial charge in [-0.15, -0.1) is 0 Å². The molecule has 130 valence electrons. The molecule has 1 aliphatic rings. The molecule has 1 amide bonds. The third kappa shape index (κ3) is 5.98. The minimum Gasteiger partial charge on any atom is -0.324 e. The van der Waals surface area contributed by atoms with Gasteiger partial charge in [-0.1, -0.05) is 51.8 Å². The molecule has 0 radical (unpaired) electrons. The summed E-state index contributed by atoms with van der Waals surface area (Å²) in [7, 11) is 0. The highest BCUT2D eigenvalue weighted by Crippen LogP contribution is 2.23. The molecule has 1 aromatic rings. The molecule has 3 heteroatoms. The number of nitrogens with zero attached hydrogens (tertiary/aromatic N) is 1. The van der Waals surface area contributed by atoms with Crippen LogP contribution in [-0.4, -0.2) is 29.9 Å². The van der Waals surface area contributed by atoms with Gasteiger partial charge >= 0.3 is 0 Å². The molecule has 1 fully saturated rings. The number of carbonyl (C=O) groups is 1. The van der Waals surface area contributed by atoms with Gasteiger partial charge in [-0.3, -0.25) is 9.69 Å². The van der Waals surface area contributed by atoms with E-state index in [0.29, 0.717) is 0 Å². The zero-order valence-corrected chi connectivity index (χ0v) is 15.6. The Morgan fingerprint density at radius 3 is 2.35 bits per heavy atom. The van der Waals surface area contributed by atoms with Crippen LogP contribution in [0.25, 0.3) is 0 Å². The number of aryl methyl sites for hydroxylation is 2. The number of carbonyl (C=O) groups excluding carboxylic acids is 1. The molecular formula is C20H34N2O. The molecule has 0 aromatic heterocycles. The van der Waals surface area contributed by atoms with Gasteiger partial charge in [-0.2, -0.15) is 0 Å². The minimum atomic E-state index is 0.0442. The predicted molar refractivity (Wildman–Crippen MR) is 100 cm³/mol. The molecule has 1 heterocycles. The number of nitrogens with one attached hydrogen (secondary N) is 1. The van der Waals surface area contributed by atoms with E-state index in [0.717, 1.165) is 49.2 Å². The van der Waals surface area contributed by atoms with Gasteiger partial charge in [-0.25, -0.2) is 0 Å². The van der Waals surface area contributed by atoms with Gasteiger partial charge in [0.25, 0.3) is 0 Å². The lowest BCUT2D eigenvalue weighted by molar-refractivity contribution is -0.122. The average molecular weight is 319 g/mol. The molecule has 0 spiro atoms. The van der Waals surface area contributed by atoms with Gasteiger partial charge in [0.15, 0.2) is 0 Å². The van der Waals surface area contributed by atoms with E-state index < -0.39 is 0 Å². The number of para-hydroxylation sites is 1. The summed E-state index contributed by atoms with van der Waals surface area (Å²) >= 11 is 0. The third-order valence-corrected chi connectivity index (χ3v) is 4.16. The monoisotopic (exact) mass is 318 g/mol. The first-order valence-corrected chi connectivity index (χ1v) is 9.16. The fourth-order valence-corrected chi connectivity index (χ4v) is 3.06. The second-order valence-corrected chi connectivity index (χ2v) is 6.51. The number of likely N-dealkylation sites (tertiary alicyclic amines) is 1. The molecule has 1 aromatic carbocycles. The molecule has 0 saturated carbocycles. The zero-order valence-electron chi connectivity index (χ0n) is 15.6. The third-order valence-electron chi connectivity index (χ3n) is 4.16. The number of amides is 1. The van der Waals surface area contributed by atoms with E-state index in [2.05, 4.69) is 31.0 Å². The number of rotatable bonds is 4. The van der Waals surface area contributed by atoms with E-state index in [1.54, 1.807) is 0 Å². The summed E-state index contributed by atoms with van der Waals surface area (Å²) in [6, 6.07) is 6.17. The lowest BCUT2D eigenvalue weighted by Crippen LogP contribution is -2.47. The number of hydrogen-bond acceptors (Lipinski definition) is 2. The van der Waals surface area contributed by atoms with Crippen LogP contribution >= 0.6 is 0 Å². The van der Waals surface area contributed by atoms with Crippen LogP contribution in [0.5, 0.6) is 0 Å². The van der Waals surface area contributed by atoms with Gasteiger partial charge < -0.3 is 5.32 Å². The molecule has 1 atom stereocenters. The van der Waals surface area contributed by atoms with Gasteiger partial charge in [-0.05, 0) is 57.3 Å². The number of anilines is 1. The number of piperidine rings is 1. The Kier molecular flexibility index (Phi) is 8.93. The topological polar surface area (TPSA) is 32.3 Å². The highest BCUT2D eigenvalue weighted by molar-refractivity contribution is 5.96. The van der Waals surface area contributed by atoms with Crippen LogP contribution in [0.3, 0.4) is 0 Å². The zero-order chi connectivity index (χ0) is 17.2. The lowest BCUT2D eigenvalue weighted by Gasteiger charge is -2.34. The molecule has 23 heavy (non-hydrogen) atoms. The maximum atomic E-state index is 12.6. The van der Waals surface area contributed by atoms with Gasteiger partial charge in [0, 0.05) is 5.69 Å². The minimum absolute atomic E-state index is 0.0442. The summed E-state index contributed by atoms with van der Waals surface area (Å²) in [5.74, 6) is 0.163. The Balaban J connectivity index is 0.000000816. The fraction of sp³-hybridized carbons (Fsp3) is 0.650. The van der Waals surface area contributed by atoms with E-state index in [9.17, 15) is 4.79 Å². The Morgan fingerprint density at radius 1 is 1.17 bits per heavy atom. The van der Waals surface area contributed by atoms with E-state index in [1.165, 1.54) is 12.8 Å². The van der Waals surface area contributed by atoms with Crippen LogP contribution in [0.2, 0.25) is 0 Å². The first-order chi connectivity index (χ1) is 11.0. The molecule has 0 aliphatic carbocycles. The van der Waals surface area contributed by atoms with Crippen LogP contribution in [0, 0.1) is 13.8 Å². The Labute approximate surface area is 142 Å². The smallest absolute Gasteiger partial charge is 0.241 e. The summed E-state index contributed by atoms with van der Waals surface area (Å²) in [6.45, 7) is 12.6. The van der Waals surface area contributed by atoms with E-state index in [4.69, 9.17) is 0 Å². The fourth-order valence-electron chi connectivity index (χ4n) is 3.06. The molecule has 1 unspecified atom stereocenters. The largest absolute Gasteiger partial charge is 0.324 e. The molecule has 1 aliphatic heterocycles. The van der Waals surface area contributed by atoms with Crippen molar-refractivity contribution in [1.29, 1.82) is 0 Å². The Bertz CT molecular complexity index is 462. The molecule has 1 N–H and O–H groups in total. The van der Waals surface area contributed by atoms with Gasteiger partial charge in [0.2, 0.25) is 5.91 Å². The van der Waals surface area contributed by atoms with Crippen molar-refractivity contribution in [2.24, 2.45) is 0 Å². The normalized spacial score (nSPS) is 18.0. The quantitative estimate of drug-likeness (QED) is 0.854. The molecule has 2 rings (SSSR count). The van der Waals surface area contributed by atoms with Crippen molar-refractivity contribution >= 4 is 11.6 Å². The summed E-state index contributed by atoms with van der Waals surface area (Å²) in [6.07, 6.45) is 5.71. The first-order valence-electron chi connectivity index (χ1n) is 9.16. The highest BCUT2D eigenvalue weighted by Gasteiger charge is 2.28. The lowest BCUT2D eigenvalue weighted by atomic mass is 10.0. The van der Waals surface area contributed by atoms with Crippen LogP contribution in [0.15, 0.2) is 18.2 Å². The summed E-state index contributed by atoms with van der Waals surface area (Å²) in [5.41, 5.74) is 3.26. The Hall–Kier alpha value is -1.35. The van der Waals surface area contributed by atoms with Crippen LogP contribution in [0.1, 0.15) is 64.0 Å². The molecule has 3 nitrogen and oxygen atoms in total. The van der Waals surface area contributed by atoms with Crippen molar-refractivity contribution in [1.82, 2.24) is 4.90 Å². The maximum absolute atomic E-state index is 12.6. The van der Waals surface area contributed by atoms with Crippen molar-refractivity contribution in [3.63, 3.8) is 0 Å². The van der Waals surface area contributed by atoms with Gasteiger partial charge in [0.05, 0.1) is 6.04 Å². The molecular weight excluding hydrogens is 284 g/mol. The second kappa shape index (κ2) is 10.4. The first kappa shape index (κ1) is 19.7. The SMILES string of the molecule is CCC.CCCN1CCCCC1C(=O)Nc1c(C)cccc1C. The van der Waals surface area contributed by atoms with Crippen molar-refractivity contribution in [2.45, 2.75) is 72.8 Å². The van der Waals surface area contributed by atoms with Crippen LogP contribution < -0.4 is 5.32 Å². The van der Waals surface area contributed by atoms with Crippen LogP contribution in [-0.2, 0) is 4.79 Å². The molecule has 1 saturated heterocycles. The summed E-state index contributed by atoms with van der Waals surface area (Å²) in [5, 5.41) is 3.16. The second-order valence-electron chi connectivity index (χ2n) is 6.51. The molecule has 0 bridgehead atoms. The van der Waals surface area contributed by atoms with Crippen molar-refractivity contribution in [3.05, 3.63) is 29.3 Å². The summed E-state index contributed by atoms with van der Waals surface area (Å²) < 4.78 is 0. The van der Waals surface area contributed by atoms with Crippen molar-refractivity contribution < 1.29 is 4.79 Å². The Morgan fingerprint density at radius 2 is 1.78 bits per heavy atom. The van der Waals surface area contributed by atoms with E-state index >= 15 is 0 Å². The number of hydrogen-bond donors (Lipinski definition) is 1. The average Bonchev–Trinajstić information content (AvgIpc) is 2.52. The van der Waals surface area contributed by atoms with Gasteiger partial charge in [0.1, 0.15) is 0 Å². The van der Waals surface area contributed by atoms with Crippen molar-refractivity contribution in [2.75, 3.05) is 18.4 Å². The maximum Gasteiger partial charge on any atom is 0.241 e. The number of benzene rings is 1. The van der Waals surface area contributed by atoms with E-state index in [1.807, 2.05) is 32.0 Å². The summed E-state index contributed by atoms with van der Waals surface area (Å²) in [4.78, 5) is 14.9. The van der Waals surface area contributed by atoms with Crippen molar-refractivity contribution in [3.8, 4) is 0 Å². The highest BCUT2D eigenvalue weighted by atomic mass is 16.2.